The van der Waals surface area contributed by atoms with E-state index < -0.39 is 5.97 Å². The standard InChI is InChI=1S/C16H20O3/c17-16(18)15(11-5-6-11)12-7-9-14(10-8-12)19-13-3-1-2-4-13/h7-11,13,15H,1-6H2,(H,17,18). The molecule has 1 N–H and O–H groups in total. The molecule has 0 heterocycles. The largest absolute Gasteiger partial charge is 0.490 e. The molecule has 1 unspecified atom stereocenters. The van der Waals surface area contributed by atoms with Gasteiger partial charge in [0.2, 0.25) is 0 Å². The number of carboxylic acids is 1. The van der Waals surface area contributed by atoms with E-state index in [1.54, 1.807) is 0 Å². The summed E-state index contributed by atoms with van der Waals surface area (Å²) in [6, 6.07) is 7.68. The van der Waals surface area contributed by atoms with Crippen LogP contribution in [0.3, 0.4) is 0 Å². The van der Waals surface area contributed by atoms with E-state index in [1.807, 2.05) is 24.3 Å². The molecule has 0 aromatic heterocycles. The van der Waals surface area contributed by atoms with Crippen molar-refractivity contribution in [1.29, 1.82) is 0 Å². The Morgan fingerprint density at radius 1 is 1.11 bits per heavy atom. The molecule has 2 aliphatic rings. The van der Waals surface area contributed by atoms with Gasteiger partial charge in [-0.25, -0.2) is 0 Å². The minimum Gasteiger partial charge on any atom is -0.490 e. The quantitative estimate of drug-likeness (QED) is 0.880. The number of ether oxygens (including phenoxy) is 1. The average molecular weight is 260 g/mol. The van der Waals surface area contributed by atoms with Crippen LogP contribution >= 0.6 is 0 Å². The SMILES string of the molecule is O=C(O)C(c1ccc(OC2CCCC2)cc1)C1CC1. The van der Waals surface area contributed by atoms with Crippen molar-refractivity contribution in [3.05, 3.63) is 29.8 Å². The average Bonchev–Trinajstić information content (AvgIpc) is 3.08. The van der Waals surface area contributed by atoms with Crippen molar-refractivity contribution >= 4 is 5.97 Å². The van der Waals surface area contributed by atoms with Gasteiger partial charge in [-0.2, -0.15) is 0 Å². The number of carboxylic acid groups (broad SMARTS) is 1. The van der Waals surface area contributed by atoms with Crippen molar-refractivity contribution in [3.63, 3.8) is 0 Å². The van der Waals surface area contributed by atoms with E-state index in [4.69, 9.17) is 4.74 Å². The molecule has 0 amide bonds. The third kappa shape index (κ3) is 2.91. The third-order valence-corrected chi connectivity index (χ3v) is 4.20. The number of aliphatic carboxylic acids is 1. The molecule has 3 nitrogen and oxygen atoms in total. The molecule has 2 fully saturated rings. The van der Waals surface area contributed by atoms with Crippen LogP contribution in [0, 0.1) is 5.92 Å². The van der Waals surface area contributed by atoms with E-state index in [0.717, 1.165) is 37.0 Å². The molecule has 19 heavy (non-hydrogen) atoms. The molecular formula is C16H20O3. The first-order chi connectivity index (χ1) is 9.24. The summed E-state index contributed by atoms with van der Waals surface area (Å²) in [5.41, 5.74) is 0.911. The van der Waals surface area contributed by atoms with Gasteiger partial charge in [-0.3, -0.25) is 4.79 Å². The van der Waals surface area contributed by atoms with Gasteiger partial charge in [-0.1, -0.05) is 12.1 Å². The van der Waals surface area contributed by atoms with Gasteiger partial charge in [0.05, 0.1) is 12.0 Å². The van der Waals surface area contributed by atoms with Crippen molar-refractivity contribution < 1.29 is 14.6 Å². The molecule has 0 bridgehead atoms. The zero-order valence-electron chi connectivity index (χ0n) is 11.0. The van der Waals surface area contributed by atoms with Gasteiger partial charge in [-0.15, -0.1) is 0 Å². The summed E-state index contributed by atoms with van der Waals surface area (Å²) in [5.74, 6) is 0.169. The zero-order valence-corrected chi connectivity index (χ0v) is 11.0. The van der Waals surface area contributed by atoms with Crippen LogP contribution in [0.15, 0.2) is 24.3 Å². The van der Waals surface area contributed by atoms with Crippen LogP contribution in [0.2, 0.25) is 0 Å². The van der Waals surface area contributed by atoms with Gasteiger partial charge in [0.25, 0.3) is 0 Å². The smallest absolute Gasteiger partial charge is 0.311 e. The van der Waals surface area contributed by atoms with Crippen molar-refractivity contribution in [1.82, 2.24) is 0 Å². The highest BCUT2D eigenvalue weighted by Gasteiger charge is 2.37. The fraction of sp³-hybridized carbons (Fsp3) is 0.562. The zero-order chi connectivity index (χ0) is 13.2. The molecule has 102 valence electrons. The van der Waals surface area contributed by atoms with Crippen molar-refractivity contribution in [2.45, 2.75) is 50.5 Å². The summed E-state index contributed by atoms with van der Waals surface area (Å²) >= 11 is 0. The molecule has 1 atom stereocenters. The second kappa shape index (κ2) is 5.24. The molecule has 2 aliphatic carbocycles. The van der Waals surface area contributed by atoms with Gasteiger partial charge in [0.15, 0.2) is 0 Å². The normalized spacial score (nSPS) is 21.3. The Morgan fingerprint density at radius 2 is 1.74 bits per heavy atom. The van der Waals surface area contributed by atoms with E-state index in [9.17, 15) is 9.90 Å². The van der Waals surface area contributed by atoms with Crippen molar-refractivity contribution in [2.24, 2.45) is 5.92 Å². The number of carbonyl (C=O) groups is 1. The van der Waals surface area contributed by atoms with Crippen LogP contribution in [-0.4, -0.2) is 17.2 Å². The second-order valence-electron chi connectivity index (χ2n) is 5.75. The summed E-state index contributed by atoms with van der Waals surface area (Å²) in [6.07, 6.45) is 7.22. The first-order valence-corrected chi connectivity index (χ1v) is 7.23. The molecule has 3 rings (SSSR count). The lowest BCUT2D eigenvalue weighted by molar-refractivity contribution is -0.139. The first kappa shape index (κ1) is 12.5. The van der Waals surface area contributed by atoms with Gasteiger partial charge in [0, 0.05) is 0 Å². The number of hydrogen-bond donors (Lipinski definition) is 1. The summed E-state index contributed by atoms with van der Waals surface area (Å²) in [6.45, 7) is 0. The van der Waals surface area contributed by atoms with Crippen LogP contribution in [0.25, 0.3) is 0 Å². The Hall–Kier alpha value is -1.51. The van der Waals surface area contributed by atoms with E-state index in [0.29, 0.717) is 12.0 Å². The Morgan fingerprint density at radius 3 is 2.26 bits per heavy atom. The highest BCUT2D eigenvalue weighted by molar-refractivity contribution is 5.77. The summed E-state index contributed by atoms with van der Waals surface area (Å²) in [7, 11) is 0. The number of benzene rings is 1. The van der Waals surface area contributed by atoms with Gasteiger partial charge >= 0.3 is 5.97 Å². The molecule has 1 aromatic carbocycles. The summed E-state index contributed by atoms with van der Waals surface area (Å²) in [5, 5.41) is 9.30. The molecule has 2 saturated carbocycles. The molecular weight excluding hydrogens is 240 g/mol. The monoisotopic (exact) mass is 260 g/mol. The molecule has 0 aliphatic heterocycles. The van der Waals surface area contributed by atoms with Crippen molar-refractivity contribution in [2.75, 3.05) is 0 Å². The predicted octanol–water partition coefficient (Wildman–Crippen LogP) is 3.59. The minimum absolute atomic E-state index is 0.333. The topological polar surface area (TPSA) is 46.5 Å². The fourth-order valence-electron chi connectivity index (χ4n) is 3.00. The van der Waals surface area contributed by atoms with Gasteiger partial charge < -0.3 is 9.84 Å². The molecule has 1 aromatic rings. The highest BCUT2D eigenvalue weighted by atomic mass is 16.5. The Bertz CT molecular complexity index is 442. The lowest BCUT2D eigenvalue weighted by atomic mass is 9.94. The molecule has 0 radical (unpaired) electrons. The number of hydrogen-bond acceptors (Lipinski definition) is 2. The van der Waals surface area contributed by atoms with Crippen LogP contribution in [-0.2, 0) is 4.79 Å². The van der Waals surface area contributed by atoms with E-state index >= 15 is 0 Å². The van der Waals surface area contributed by atoms with Crippen LogP contribution < -0.4 is 4.74 Å². The van der Waals surface area contributed by atoms with Crippen LogP contribution in [0.4, 0.5) is 0 Å². The number of rotatable bonds is 5. The van der Waals surface area contributed by atoms with E-state index in [2.05, 4.69) is 0 Å². The summed E-state index contributed by atoms with van der Waals surface area (Å²) < 4.78 is 5.90. The van der Waals surface area contributed by atoms with E-state index in [1.165, 1.54) is 12.8 Å². The van der Waals surface area contributed by atoms with Crippen LogP contribution in [0.1, 0.15) is 50.0 Å². The maximum atomic E-state index is 11.3. The molecule has 3 heteroatoms. The second-order valence-corrected chi connectivity index (χ2v) is 5.75. The lowest BCUT2D eigenvalue weighted by Crippen LogP contribution is -2.14. The third-order valence-electron chi connectivity index (χ3n) is 4.20. The Kier molecular flexibility index (Phi) is 3.45. The van der Waals surface area contributed by atoms with Gasteiger partial charge in [-0.05, 0) is 62.1 Å². The van der Waals surface area contributed by atoms with Gasteiger partial charge in [0.1, 0.15) is 5.75 Å². The minimum atomic E-state index is -0.702. The van der Waals surface area contributed by atoms with E-state index in [-0.39, 0.29) is 5.92 Å². The van der Waals surface area contributed by atoms with Crippen LogP contribution in [0.5, 0.6) is 5.75 Å². The highest BCUT2D eigenvalue weighted by Crippen LogP contribution is 2.43. The maximum absolute atomic E-state index is 11.3. The maximum Gasteiger partial charge on any atom is 0.311 e. The predicted molar refractivity (Wildman–Crippen MR) is 72.4 cm³/mol. The first-order valence-electron chi connectivity index (χ1n) is 7.23. The summed E-state index contributed by atoms with van der Waals surface area (Å²) in [4.78, 5) is 11.3. The molecule has 0 saturated heterocycles. The fourth-order valence-corrected chi connectivity index (χ4v) is 3.00. The van der Waals surface area contributed by atoms with Crippen molar-refractivity contribution in [3.8, 4) is 5.75 Å². The molecule has 0 spiro atoms. The Balaban J connectivity index is 1.68. The lowest BCUT2D eigenvalue weighted by Gasteiger charge is -2.15. The Labute approximate surface area is 113 Å².